The lowest BCUT2D eigenvalue weighted by atomic mass is 10.1. The molecule has 0 aliphatic heterocycles. The van der Waals surface area contributed by atoms with Crippen LogP contribution in [0.4, 0.5) is 4.79 Å². The minimum Gasteiger partial charge on any atom is -0.433 e. The number of alkyl halides is 1. The lowest BCUT2D eigenvalue weighted by molar-refractivity contribution is 0.102. The first-order valence-corrected chi connectivity index (χ1v) is 6.38. The average molecular weight is 254 g/mol. The predicted molar refractivity (Wildman–Crippen MR) is 67.1 cm³/mol. The Hall–Kier alpha value is -1.22. The highest BCUT2D eigenvalue weighted by Crippen LogP contribution is 2.35. The van der Waals surface area contributed by atoms with Gasteiger partial charge in [-0.1, -0.05) is 35.9 Å². The van der Waals surface area contributed by atoms with E-state index in [0.717, 1.165) is 12.8 Å². The van der Waals surface area contributed by atoms with Crippen LogP contribution < -0.4 is 0 Å². The zero-order chi connectivity index (χ0) is 12.3. The molecule has 17 heavy (non-hydrogen) atoms. The molecule has 0 N–H and O–H groups in total. The van der Waals surface area contributed by atoms with Crippen LogP contribution in [0.1, 0.15) is 30.5 Å². The summed E-state index contributed by atoms with van der Waals surface area (Å²) in [5.41, 5.74) is 2.57. The van der Waals surface area contributed by atoms with Gasteiger partial charge in [0.2, 0.25) is 0 Å². The van der Waals surface area contributed by atoms with Crippen molar-refractivity contribution in [3.63, 3.8) is 0 Å². The molecule has 1 aliphatic rings. The standard InChI is InChI=1S/C13H16ClNO2/c1-2-15(13(16)17-9-14)12-8-7-10-5-3-4-6-11(10)12/h3-6,12H,2,7-9H2,1H3/t12-/m1/s1. The van der Waals surface area contributed by atoms with Crippen LogP contribution in [-0.4, -0.2) is 23.6 Å². The number of fused-ring (bicyclic) bond motifs is 1. The molecule has 0 heterocycles. The normalized spacial score (nSPS) is 17.6. The molecule has 2 rings (SSSR count). The number of halogens is 1. The summed E-state index contributed by atoms with van der Waals surface area (Å²) in [6, 6.07) is 8.29. The quantitative estimate of drug-likeness (QED) is 0.774. The van der Waals surface area contributed by atoms with E-state index in [9.17, 15) is 4.79 Å². The molecule has 0 radical (unpaired) electrons. The minimum atomic E-state index is -0.329. The zero-order valence-electron chi connectivity index (χ0n) is 9.86. The summed E-state index contributed by atoms with van der Waals surface area (Å²) >= 11 is 5.43. The van der Waals surface area contributed by atoms with Crippen molar-refractivity contribution in [2.75, 3.05) is 12.6 Å². The molecule has 1 aromatic carbocycles. The highest BCUT2D eigenvalue weighted by atomic mass is 35.5. The first-order chi connectivity index (χ1) is 8.27. The molecule has 1 amide bonds. The van der Waals surface area contributed by atoms with Crippen molar-refractivity contribution in [1.82, 2.24) is 4.90 Å². The maximum atomic E-state index is 11.8. The average Bonchev–Trinajstić information content (AvgIpc) is 2.75. The molecule has 0 saturated carbocycles. The fraction of sp³-hybridized carbons (Fsp3) is 0.462. The van der Waals surface area contributed by atoms with E-state index in [1.807, 2.05) is 19.1 Å². The third-order valence-corrected chi connectivity index (χ3v) is 3.34. The van der Waals surface area contributed by atoms with Gasteiger partial charge in [-0.2, -0.15) is 0 Å². The maximum absolute atomic E-state index is 11.8. The van der Waals surface area contributed by atoms with Crippen molar-refractivity contribution in [3.8, 4) is 0 Å². The molecule has 0 fully saturated rings. The molecule has 0 spiro atoms. The Morgan fingerprint density at radius 2 is 2.29 bits per heavy atom. The van der Waals surface area contributed by atoms with E-state index >= 15 is 0 Å². The van der Waals surface area contributed by atoms with Crippen LogP contribution in [0.2, 0.25) is 0 Å². The number of carbonyl (C=O) groups is 1. The lowest BCUT2D eigenvalue weighted by Crippen LogP contribution is -2.34. The highest BCUT2D eigenvalue weighted by molar-refractivity contribution is 6.17. The molecule has 1 aliphatic carbocycles. The molecule has 92 valence electrons. The van der Waals surface area contributed by atoms with Gasteiger partial charge in [-0.15, -0.1) is 0 Å². The Labute approximate surface area is 106 Å². The highest BCUT2D eigenvalue weighted by Gasteiger charge is 2.30. The van der Waals surface area contributed by atoms with Gasteiger partial charge in [-0.25, -0.2) is 4.79 Å². The van der Waals surface area contributed by atoms with E-state index in [4.69, 9.17) is 16.3 Å². The number of nitrogens with zero attached hydrogens (tertiary/aromatic N) is 1. The van der Waals surface area contributed by atoms with Crippen molar-refractivity contribution < 1.29 is 9.53 Å². The van der Waals surface area contributed by atoms with E-state index in [0.29, 0.717) is 6.54 Å². The second-order valence-corrected chi connectivity index (χ2v) is 4.28. The van der Waals surface area contributed by atoms with Crippen LogP contribution in [0.15, 0.2) is 24.3 Å². The van der Waals surface area contributed by atoms with Gasteiger partial charge in [0.25, 0.3) is 0 Å². The third-order valence-electron chi connectivity index (χ3n) is 3.23. The molecule has 3 nitrogen and oxygen atoms in total. The lowest BCUT2D eigenvalue weighted by Gasteiger charge is -2.27. The van der Waals surface area contributed by atoms with E-state index in [-0.39, 0.29) is 18.2 Å². The number of rotatable bonds is 3. The van der Waals surface area contributed by atoms with Gasteiger partial charge in [-0.3, -0.25) is 0 Å². The largest absolute Gasteiger partial charge is 0.433 e. The zero-order valence-corrected chi connectivity index (χ0v) is 10.6. The van der Waals surface area contributed by atoms with E-state index in [1.165, 1.54) is 11.1 Å². The summed E-state index contributed by atoms with van der Waals surface area (Å²) in [6.45, 7) is 2.59. The maximum Gasteiger partial charge on any atom is 0.411 e. The molecule has 0 saturated heterocycles. The molecule has 0 unspecified atom stereocenters. The molecule has 1 aromatic rings. The second kappa shape index (κ2) is 5.41. The Morgan fingerprint density at radius 1 is 1.53 bits per heavy atom. The molecule has 0 aromatic heterocycles. The van der Waals surface area contributed by atoms with Gasteiger partial charge in [0.15, 0.2) is 6.07 Å². The number of amides is 1. The van der Waals surface area contributed by atoms with E-state index < -0.39 is 0 Å². The van der Waals surface area contributed by atoms with Crippen molar-refractivity contribution in [2.24, 2.45) is 0 Å². The Balaban J connectivity index is 2.20. The summed E-state index contributed by atoms with van der Waals surface area (Å²) in [5.74, 6) is 0. The predicted octanol–water partition coefficient (Wildman–Crippen LogP) is 3.33. The Bertz CT molecular complexity index is 408. The summed E-state index contributed by atoms with van der Waals surface area (Å²) in [6.07, 6.45) is 1.65. The molecular formula is C13H16ClNO2. The number of hydrogen-bond acceptors (Lipinski definition) is 2. The van der Waals surface area contributed by atoms with E-state index in [1.54, 1.807) is 4.90 Å². The van der Waals surface area contributed by atoms with Crippen LogP contribution in [-0.2, 0) is 11.2 Å². The second-order valence-electron chi connectivity index (χ2n) is 4.06. The number of aryl methyl sites for hydroxylation is 1. The SMILES string of the molecule is CCN(C(=O)OCCl)[C@@H]1CCc2ccccc21. The van der Waals surface area contributed by atoms with Crippen LogP contribution in [0, 0.1) is 0 Å². The Kier molecular flexibility index (Phi) is 3.89. The van der Waals surface area contributed by atoms with Crippen molar-refractivity contribution >= 4 is 17.7 Å². The monoisotopic (exact) mass is 253 g/mol. The summed E-state index contributed by atoms with van der Waals surface area (Å²) in [5, 5.41) is 0. The van der Waals surface area contributed by atoms with Crippen molar-refractivity contribution in [3.05, 3.63) is 35.4 Å². The van der Waals surface area contributed by atoms with Crippen molar-refractivity contribution in [2.45, 2.75) is 25.8 Å². The van der Waals surface area contributed by atoms with Crippen LogP contribution in [0.5, 0.6) is 0 Å². The fourth-order valence-electron chi connectivity index (χ4n) is 2.46. The van der Waals surface area contributed by atoms with Crippen LogP contribution >= 0.6 is 11.6 Å². The van der Waals surface area contributed by atoms with Gasteiger partial charge in [-0.05, 0) is 30.9 Å². The third kappa shape index (κ3) is 2.39. The number of carbonyl (C=O) groups excluding carboxylic acids is 1. The van der Waals surface area contributed by atoms with Gasteiger partial charge in [0, 0.05) is 6.54 Å². The minimum absolute atomic E-state index is 0.0936. The summed E-state index contributed by atoms with van der Waals surface area (Å²) < 4.78 is 4.87. The number of benzene rings is 1. The van der Waals surface area contributed by atoms with Gasteiger partial charge < -0.3 is 9.64 Å². The number of hydrogen-bond donors (Lipinski definition) is 0. The van der Waals surface area contributed by atoms with Crippen LogP contribution in [0.25, 0.3) is 0 Å². The fourth-order valence-corrected chi connectivity index (χ4v) is 2.56. The molecule has 0 bridgehead atoms. The Morgan fingerprint density at radius 3 is 3.00 bits per heavy atom. The molecular weight excluding hydrogens is 238 g/mol. The number of ether oxygens (including phenoxy) is 1. The summed E-state index contributed by atoms with van der Waals surface area (Å²) in [7, 11) is 0. The van der Waals surface area contributed by atoms with Gasteiger partial charge >= 0.3 is 6.09 Å². The topological polar surface area (TPSA) is 29.5 Å². The van der Waals surface area contributed by atoms with Gasteiger partial charge in [0.05, 0.1) is 6.04 Å². The summed E-state index contributed by atoms with van der Waals surface area (Å²) in [4.78, 5) is 13.5. The first-order valence-electron chi connectivity index (χ1n) is 5.85. The van der Waals surface area contributed by atoms with Crippen molar-refractivity contribution in [1.29, 1.82) is 0 Å². The van der Waals surface area contributed by atoms with E-state index in [2.05, 4.69) is 12.1 Å². The van der Waals surface area contributed by atoms with Gasteiger partial charge in [0.1, 0.15) is 0 Å². The molecule has 4 heteroatoms. The van der Waals surface area contributed by atoms with Crippen LogP contribution in [0.3, 0.4) is 0 Å². The first kappa shape index (κ1) is 12.2. The molecule has 1 atom stereocenters. The smallest absolute Gasteiger partial charge is 0.411 e.